The van der Waals surface area contributed by atoms with E-state index in [1.807, 2.05) is 0 Å². The van der Waals surface area contributed by atoms with Gasteiger partial charge in [0.1, 0.15) is 0 Å². The van der Waals surface area contributed by atoms with E-state index in [9.17, 15) is 10.2 Å². The zero-order chi connectivity index (χ0) is 16.7. The van der Waals surface area contributed by atoms with Gasteiger partial charge in [-0.3, -0.25) is 0 Å². The van der Waals surface area contributed by atoms with Crippen LogP contribution in [0.1, 0.15) is 78.4 Å². The second-order valence-electron chi connectivity index (χ2n) is 8.52. The predicted molar refractivity (Wildman–Crippen MR) is 95.3 cm³/mol. The molecular weight excluding hydrogens is 292 g/mol. The monoisotopic (exact) mass is 322 g/mol. The number of phenols is 2. The predicted octanol–water partition coefficient (Wildman–Crippen LogP) is 5.73. The summed E-state index contributed by atoms with van der Waals surface area (Å²) in [7, 11) is 0. The Hall–Kier alpha value is -0.830. The molecule has 22 heavy (non-hydrogen) atoms. The summed E-state index contributed by atoms with van der Waals surface area (Å²) in [5, 5.41) is 21.8. The molecule has 1 aromatic carbocycles. The van der Waals surface area contributed by atoms with Gasteiger partial charge in [-0.2, -0.15) is 0 Å². The van der Waals surface area contributed by atoms with Crippen molar-refractivity contribution in [1.29, 1.82) is 0 Å². The Balaban J connectivity index is 2.57. The van der Waals surface area contributed by atoms with E-state index in [1.54, 1.807) is 11.8 Å². The number of hydrogen-bond donors (Lipinski definition) is 2. The lowest BCUT2D eigenvalue weighted by molar-refractivity contribution is 0.376. The van der Waals surface area contributed by atoms with Crippen molar-refractivity contribution in [3.8, 4) is 11.5 Å². The standard InChI is InChI=1S/C19H30O2S/c1-18(2,3)13-11-14(19(4,5)6)17(16(21)15(13)20)22-12-9-7-8-10-12/h11-12,20-21H,7-10H2,1-6H3. The van der Waals surface area contributed by atoms with E-state index in [-0.39, 0.29) is 22.3 Å². The van der Waals surface area contributed by atoms with E-state index in [4.69, 9.17) is 0 Å². The van der Waals surface area contributed by atoms with Crippen LogP contribution >= 0.6 is 11.8 Å². The van der Waals surface area contributed by atoms with Crippen LogP contribution < -0.4 is 0 Å². The highest BCUT2D eigenvalue weighted by molar-refractivity contribution is 8.00. The second kappa shape index (κ2) is 5.99. The van der Waals surface area contributed by atoms with Crippen molar-refractivity contribution >= 4 is 11.8 Å². The van der Waals surface area contributed by atoms with Crippen LogP contribution in [-0.4, -0.2) is 15.5 Å². The van der Waals surface area contributed by atoms with Crippen LogP contribution in [0.15, 0.2) is 11.0 Å². The first-order chi connectivity index (χ1) is 10.0. The van der Waals surface area contributed by atoms with Crippen LogP contribution in [0, 0.1) is 0 Å². The molecule has 0 unspecified atom stereocenters. The van der Waals surface area contributed by atoms with E-state index >= 15 is 0 Å². The lowest BCUT2D eigenvalue weighted by Crippen LogP contribution is -2.18. The molecule has 1 saturated carbocycles. The van der Waals surface area contributed by atoms with E-state index in [2.05, 4.69) is 47.6 Å². The Kier molecular flexibility index (Phi) is 4.77. The minimum absolute atomic E-state index is 0.0565. The molecule has 2 nitrogen and oxygen atoms in total. The first kappa shape index (κ1) is 17.5. The van der Waals surface area contributed by atoms with Crippen LogP contribution in [0.2, 0.25) is 0 Å². The quantitative estimate of drug-likeness (QED) is 0.683. The number of rotatable bonds is 2. The maximum absolute atomic E-state index is 10.7. The lowest BCUT2D eigenvalue weighted by Gasteiger charge is -2.29. The third-order valence-corrected chi connectivity index (χ3v) is 5.88. The third-order valence-electron chi connectivity index (χ3n) is 4.43. The summed E-state index contributed by atoms with van der Waals surface area (Å²) in [6.45, 7) is 12.7. The zero-order valence-corrected chi connectivity index (χ0v) is 15.6. The van der Waals surface area contributed by atoms with E-state index < -0.39 is 0 Å². The maximum atomic E-state index is 10.7. The van der Waals surface area contributed by atoms with Gasteiger partial charge in [0.2, 0.25) is 0 Å². The highest BCUT2D eigenvalue weighted by atomic mass is 32.2. The molecule has 0 bridgehead atoms. The van der Waals surface area contributed by atoms with Gasteiger partial charge < -0.3 is 10.2 Å². The average Bonchev–Trinajstić information content (AvgIpc) is 2.85. The normalized spacial score (nSPS) is 17.2. The van der Waals surface area contributed by atoms with Gasteiger partial charge >= 0.3 is 0 Å². The molecule has 0 heterocycles. The van der Waals surface area contributed by atoms with E-state index in [0.29, 0.717) is 5.25 Å². The third kappa shape index (κ3) is 3.56. The van der Waals surface area contributed by atoms with Crippen LogP contribution in [0.3, 0.4) is 0 Å². The van der Waals surface area contributed by atoms with Crippen LogP contribution in [-0.2, 0) is 10.8 Å². The molecule has 0 saturated heterocycles. The van der Waals surface area contributed by atoms with Crippen molar-refractivity contribution in [3.05, 3.63) is 17.2 Å². The fourth-order valence-corrected chi connectivity index (χ4v) is 4.66. The number of benzene rings is 1. The van der Waals surface area contributed by atoms with Gasteiger partial charge in [-0.1, -0.05) is 54.4 Å². The van der Waals surface area contributed by atoms with Crippen molar-refractivity contribution < 1.29 is 10.2 Å². The molecule has 0 radical (unpaired) electrons. The van der Waals surface area contributed by atoms with Crippen LogP contribution in [0.5, 0.6) is 11.5 Å². The lowest BCUT2D eigenvalue weighted by atomic mass is 9.80. The molecule has 1 aliphatic carbocycles. The first-order valence-corrected chi connectivity index (χ1v) is 9.16. The molecule has 0 aliphatic heterocycles. The summed E-state index contributed by atoms with van der Waals surface area (Å²) in [5.74, 6) is 0.134. The Morgan fingerprint density at radius 2 is 1.36 bits per heavy atom. The van der Waals surface area contributed by atoms with Gasteiger partial charge in [-0.05, 0) is 35.3 Å². The highest BCUT2D eigenvalue weighted by Gasteiger charge is 2.31. The first-order valence-electron chi connectivity index (χ1n) is 8.28. The summed E-state index contributed by atoms with van der Waals surface area (Å²) in [6, 6.07) is 2.10. The summed E-state index contributed by atoms with van der Waals surface area (Å²) in [5.41, 5.74) is 1.71. The molecule has 124 valence electrons. The smallest absolute Gasteiger partial charge is 0.171 e. The Bertz CT molecular complexity index is 544. The Morgan fingerprint density at radius 1 is 0.864 bits per heavy atom. The Labute approximate surface area is 139 Å². The summed E-state index contributed by atoms with van der Waals surface area (Å²) < 4.78 is 0. The number of thioether (sulfide) groups is 1. The Morgan fingerprint density at radius 3 is 1.82 bits per heavy atom. The average molecular weight is 323 g/mol. The van der Waals surface area contributed by atoms with Crippen LogP contribution in [0.4, 0.5) is 0 Å². The van der Waals surface area contributed by atoms with Crippen molar-refractivity contribution in [2.45, 2.75) is 88.2 Å². The maximum Gasteiger partial charge on any atom is 0.171 e. The molecule has 1 aliphatic rings. The van der Waals surface area contributed by atoms with Crippen LogP contribution in [0.25, 0.3) is 0 Å². The van der Waals surface area contributed by atoms with E-state index in [0.717, 1.165) is 16.0 Å². The minimum Gasteiger partial charge on any atom is -0.504 e. The number of aromatic hydroxyl groups is 2. The summed E-state index contributed by atoms with van der Waals surface area (Å²) in [6.07, 6.45) is 4.95. The molecule has 2 N–H and O–H groups in total. The van der Waals surface area contributed by atoms with Crippen molar-refractivity contribution in [1.82, 2.24) is 0 Å². The largest absolute Gasteiger partial charge is 0.504 e. The van der Waals surface area contributed by atoms with Gasteiger partial charge in [0.15, 0.2) is 11.5 Å². The van der Waals surface area contributed by atoms with Gasteiger partial charge in [-0.25, -0.2) is 0 Å². The fourth-order valence-electron chi connectivity index (χ4n) is 3.06. The summed E-state index contributed by atoms with van der Waals surface area (Å²) in [4.78, 5) is 0.880. The second-order valence-corrected chi connectivity index (χ2v) is 9.83. The molecular formula is C19H30O2S. The van der Waals surface area contributed by atoms with E-state index in [1.165, 1.54) is 25.7 Å². The molecule has 0 amide bonds. The fraction of sp³-hybridized carbons (Fsp3) is 0.684. The number of hydrogen-bond acceptors (Lipinski definition) is 3. The number of phenolic OH excluding ortho intramolecular Hbond substituents is 2. The summed E-state index contributed by atoms with van der Waals surface area (Å²) >= 11 is 1.75. The van der Waals surface area contributed by atoms with Crippen molar-refractivity contribution in [3.63, 3.8) is 0 Å². The van der Waals surface area contributed by atoms with Crippen molar-refractivity contribution in [2.75, 3.05) is 0 Å². The molecule has 0 atom stereocenters. The highest BCUT2D eigenvalue weighted by Crippen LogP contribution is 2.50. The molecule has 1 aromatic rings. The molecule has 1 fully saturated rings. The van der Waals surface area contributed by atoms with Gasteiger partial charge in [0.05, 0.1) is 4.90 Å². The van der Waals surface area contributed by atoms with Gasteiger partial charge in [0, 0.05) is 10.8 Å². The SMILES string of the molecule is CC(C)(C)c1cc(C(C)(C)C)c(SC2CCCC2)c(O)c1O. The topological polar surface area (TPSA) is 40.5 Å². The van der Waals surface area contributed by atoms with Gasteiger partial charge in [-0.15, -0.1) is 11.8 Å². The zero-order valence-electron chi connectivity index (χ0n) is 14.8. The minimum atomic E-state index is -0.196. The molecule has 0 aromatic heterocycles. The molecule has 0 spiro atoms. The van der Waals surface area contributed by atoms with Gasteiger partial charge in [0.25, 0.3) is 0 Å². The van der Waals surface area contributed by atoms with Crippen molar-refractivity contribution in [2.24, 2.45) is 0 Å². The molecule has 2 rings (SSSR count). The molecule has 3 heteroatoms.